The molecule has 0 aliphatic rings. The van der Waals surface area contributed by atoms with E-state index in [2.05, 4.69) is 19.1 Å². The van der Waals surface area contributed by atoms with Crippen LogP contribution in [0, 0.1) is 0 Å². The molecule has 0 fully saturated rings. The molecule has 0 amide bonds. The van der Waals surface area contributed by atoms with E-state index in [0.717, 1.165) is 38.5 Å². The van der Waals surface area contributed by atoms with Gasteiger partial charge in [0.1, 0.15) is 0 Å². The number of aliphatic hydroxyl groups excluding tert-OH is 1. The van der Waals surface area contributed by atoms with E-state index in [1.54, 1.807) is 0 Å². The van der Waals surface area contributed by atoms with Gasteiger partial charge in [0.15, 0.2) is 0 Å². The Hall–Kier alpha value is 0.170. The predicted octanol–water partition coefficient (Wildman–Crippen LogP) is 5.18. The molecule has 0 aromatic rings. The fraction of sp³-hybridized carbons (Fsp3) is 0.850. The Labute approximate surface area is 171 Å². The quantitative estimate of drug-likeness (QED) is 0.181. The number of aliphatic hydroxyl groups is 1. The fourth-order valence-electron chi connectivity index (χ4n) is 2.59. The first-order valence-electron chi connectivity index (χ1n) is 9.69. The van der Waals surface area contributed by atoms with Crippen LogP contribution in [0.3, 0.4) is 0 Å². The van der Waals surface area contributed by atoms with Crippen LogP contribution >= 0.6 is 0 Å². The summed E-state index contributed by atoms with van der Waals surface area (Å²) in [5.74, 6) is -0.0660. The number of hydrogen-bond donors (Lipinski definition) is 1. The van der Waals surface area contributed by atoms with E-state index in [-0.39, 0.29) is 41.6 Å². The van der Waals surface area contributed by atoms with E-state index in [4.69, 9.17) is 4.74 Å². The van der Waals surface area contributed by atoms with Gasteiger partial charge in [0, 0.05) is 36.0 Å². The first-order valence-corrected chi connectivity index (χ1v) is 9.69. The van der Waals surface area contributed by atoms with Crippen LogP contribution < -0.4 is 0 Å². The molecule has 1 radical (unpaired) electrons. The molecule has 4 heteroatoms. The topological polar surface area (TPSA) is 46.5 Å². The van der Waals surface area contributed by atoms with Gasteiger partial charge in [-0.1, -0.05) is 64.0 Å². The van der Waals surface area contributed by atoms with Gasteiger partial charge in [-0.2, -0.15) is 0 Å². The Balaban J connectivity index is 0. The summed E-state index contributed by atoms with van der Waals surface area (Å²) in [6.45, 7) is 4.54. The van der Waals surface area contributed by atoms with Crippen molar-refractivity contribution in [2.75, 3.05) is 6.61 Å². The van der Waals surface area contributed by atoms with Crippen molar-refractivity contribution in [1.82, 2.24) is 0 Å². The molecule has 24 heavy (non-hydrogen) atoms. The molecular weight excluding hydrogens is 311 g/mol. The molecule has 0 saturated carbocycles. The largest absolute Gasteiger partial charge is 0.466 e. The third-order valence-corrected chi connectivity index (χ3v) is 4.02. The number of allylic oxidation sites excluding steroid dienone is 1. The zero-order valence-electron chi connectivity index (χ0n) is 16.4. The van der Waals surface area contributed by atoms with Crippen LogP contribution in [0.25, 0.3) is 0 Å². The van der Waals surface area contributed by atoms with E-state index in [1.165, 1.54) is 38.5 Å². The summed E-state index contributed by atoms with van der Waals surface area (Å²) >= 11 is 0. The number of rotatable bonds is 16. The molecule has 0 aliphatic carbocycles. The molecule has 137 valence electrons. The molecule has 1 atom stereocenters. The van der Waals surface area contributed by atoms with E-state index < -0.39 is 0 Å². The van der Waals surface area contributed by atoms with Crippen molar-refractivity contribution >= 4 is 35.5 Å². The molecule has 0 aromatic heterocycles. The second-order valence-electron chi connectivity index (χ2n) is 6.32. The van der Waals surface area contributed by atoms with Crippen molar-refractivity contribution in [3.63, 3.8) is 0 Å². The van der Waals surface area contributed by atoms with Crippen molar-refractivity contribution in [2.24, 2.45) is 0 Å². The maximum Gasteiger partial charge on any atom is 0.305 e. The van der Waals surface area contributed by atoms with E-state index in [9.17, 15) is 9.90 Å². The fourth-order valence-corrected chi connectivity index (χ4v) is 2.59. The van der Waals surface area contributed by atoms with Crippen molar-refractivity contribution in [3.8, 4) is 0 Å². The molecule has 0 heterocycles. The Morgan fingerprint density at radius 1 is 0.958 bits per heavy atom. The van der Waals surface area contributed by atoms with Gasteiger partial charge in [0.25, 0.3) is 0 Å². The third-order valence-electron chi connectivity index (χ3n) is 4.02. The summed E-state index contributed by atoms with van der Waals surface area (Å²) in [6.07, 6.45) is 18.1. The predicted molar refractivity (Wildman–Crippen MR) is 103 cm³/mol. The summed E-state index contributed by atoms with van der Waals surface area (Å²) in [6, 6.07) is 0. The van der Waals surface area contributed by atoms with Gasteiger partial charge in [-0.25, -0.2) is 0 Å². The standard InChI is InChI=1S/C20H38O3.Na/c1-3-5-6-13-16-19(21)17-14-11-9-7-8-10-12-15-18-20(22)23-4-2;/h11,14,19,21H,3-10,12-13,15-18H2,1-2H3;/b14-11-;/t19-;/m1./s1. The monoisotopic (exact) mass is 349 g/mol. The minimum absolute atomic E-state index is 0. The van der Waals surface area contributed by atoms with Crippen molar-refractivity contribution in [2.45, 2.75) is 103 Å². The van der Waals surface area contributed by atoms with Crippen LogP contribution in [0.2, 0.25) is 0 Å². The number of unbranched alkanes of at least 4 members (excludes halogenated alkanes) is 8. The normalized spacial score (nSPS) is 12.1. The van der Waals surface area contributed by atoms with Gasteiger partial charge in [-0.3, -0.25) is 4.79 Å². The number of carbonyl (C=O) groups is 1. The maximum absolute atomic E-state index is 11.2. The molecule has 0 unspecified atom stereocenters. The molecule has 3 nitrogen and oxygen atoms in total. The van der Waals surface area contributed by atoms with Crippen LogP contribution in [0.4, 0.5) is 0 Å². The third kappa shape index (κ3) is 20.2. The van der Waals surface area contributed by atoms with Gasteiger partial charge >= 0.3 is 5.97 Å². The van der Waals surface area contributed by atoms with Crippen LogP contribution in [-0.4, -0.2) is 53.3 Å². The first-order chi connectivity index (χ1) is 11.2. The molecule has 0 aromatic carbocycles. The van der Waals surface area contributed by atoms with Crippen LogP contribution in [0.15, 0.2) is 12.2 Å². The summed E-state index contributed by atoms with van der Waals surface area (Å²) in [5, 5.41) is 9.84. The molecule has 0 spiro atoms. The van der Waals surface area contributed by atoms with E-state index >= 15 is 0 Å². The Morgan fingerprint density at radius 2 is 1.62 bits per heavy atom. The summed E-state index contributed by atoms with van der Waals surface area (Å²) < 4.78 is 4.90. The van der Waals surface area contributed by atoms with E-state index in [1.807, 2.05) is 6.92 Å². The van der Waals surface area contributed by atoms with Gasteiger partial charge in [-0.05, 0) is 39.0 Å². The van der Waals surface area contributed by atoms with Gasteiger partial charge < -0.3 is 9.84 Å². The van der Waals surface area contributed by atoms with Crippen molar-refractivity contribution in [1.29, 1.82) is 0 Å². The Morgan fingerprint density at radius 3 is 2.33 bits per heavy atom. The zero-order valence-corrected chi connectivity index (χ0v) is 18.4. The molecule has 1 N–H and O–H groups in total. The number of carbonyl (C=O) groups excluding carboxylic acids is 1. The molecule has 0 aliphatic heterocycles. The number of hydrogen-bond acceptors (Lipinski definition) is 3. The molecule has 0 saturated heterocycles. The minimum Gasteiger partial charge on any atom is -0.466 e. The smallest absolute Gasteiger partial charge is 0.305 e. The molecule has 0 bridgehead atoms. The molecule has 0 rings (SSSR count). The number of ether oxygens (including phenoxy) is 1. The minimum atomic E-state index is -0.161. The Bertz CT molecular complexity index is 293. The average molecular weight is 350 g/mol. The van der Waals surface area contributed by atoms with Gasteiger partial charge in [0.05, 0.1) is 12.7 Å². The first kappa shape index (κ1) is 26.4. The molecular formula is C20H38NaO3. The summed E-state index contributed by atoms with van der Waals surface area (Å²) in [7, 11) is 0. The van der Waals surface area contributed by atoms with Crippen molar-refractivity contribution in [3.05, 3.63) is 12.2 Å². The number of esters is 1. The second kappa shape index (κ2) is 21.2. The van der Waals surface area contributed by atoms with Crippen LogP contribution in [0.1, 0.15) is 97.3 Å². The Kier molecular flexibility index (Phi) is 23.3. The van der Waals surface area contributed by atoms with Crippen LogP contribution in [-0.2, 0) is 9.53 Å². The van der Waals surface area contributed by atoms with Crippen LogP contribution in [0.5, 0.6) is 0 Å². The maximum atomic E-state index is 11.2. The van der Waals surface area contributed by atoms with Crippen molar-refractivity contribution < 1.29 is 14.6 Å². The van der Waals surface area contributed by atoms with E-state index in [0.29, 0.717) is 13.0 Å². The van der Waals surface area contributed by atoms with Gasteiger partial charge in [0.2, 0.25) is 0 Å². The summed E-state index contributed by atoms with van der Waals surface area (Å²) in [4.78, 5) is 11.2. The second-order valence-corrected chi connectivity index (χ2v) is 6.32. The average Bonchev–Trinajstić information content (AvgIpc) is 2.53. The SMILES string of the molecule is CCCCCC[C@@H](O)C/C=C\CCCCCCCC(=O)OCC.[Na]. The summed E-state index contributed by atoms with van der Waals surface area (Å²) in [5.41, 5.74) is 0. The zero-order chi connectivity index (χ0) is 17.2. The van der Waals surface area contributed by atoms with Gasteiger partial charge in [-0.15, -0.1) is 0 Å².